The number of hydrogen-bond acceptors (Lipinski definition) is 3. The Kier molecular flexibility index (Phi) is 3.48. The Morgan fingerprint density at radius 1 is 1.33 bits per heavy atom. The van der Waals surface area contributed by atoms with Gasteiger partial charge in [-0.2, -0.15) is 0 Å². The van der Waals surface area contributed by atoms with Crippen LogP contribution in [0.4, 0.5) is 0 Å². The molecule has 2 fully saturated rings. The number of allylic oxidation sites excluding steroid dienone is 1. The van der Waals surface area contributed by atoms with E-state index >= 15 is 0 Å². The first-order valence-electron chi connectivity index (χ1n) is 7.40. The van der Waals surface area contributed by atoms with Gasteiger partial charge < -0.3 is 10.1 Å². The normalized spacial score (nSPS) is 36.4. The summed E-state index contributed by atoms with van der Waals surface area (Å²) in [5.74, 6) is 1.78. The van der Waals surface area contributed by atoms with E-state index in [-0.39, 0.29) is 5.54 Å². The van der Waals surface area contributed by atoms with Crippen molar-refractivity contribution in [2.75, 3.05) is 32.8 Å². The predicted octanol–water partition coefficient (Wildman–Crippen LogP) is 1.65. The third kappa shape index (κ3) is 2.36. The molecule has 3 aliphatic rings. The van der Waals surface area contributed by atoms with Crippen LogP contribution in [0, 0.1) is 11.8 Å². The molecule has 0 spiro atoms. The molecule has 3 rings (SSSR count). The van der Waals surface area contributed by atoms with Gasteiger partial charge in [-0.1, -0.05) is 12.2 Å². The van der Waals surface area contributed by atoms with E-state index in [0.29, 0.717) is 0 Å². The number of fused-ring (bicyclic) bond motifs is 1. The minimum atomic E-state index is 0.247. The molecule has 3 heteroatoms. The van der Waals surface area contributed by atoms with E-state index < -0.39 is 0 Å². The van der Waals surface area contributed by atoms with E-state index in [1.54, 1.807) is 0 Å². The molecular weight excluding hydrogens is 224 g/mol. The van der Waals surface area contributed by atoms with Crippen molar-refractivity contribution >= 4 is 0 Å². The molecule has 1 saturated carbocycles. The van der Waals surface area contributed by atoms with Crippen molar-refractivity contribution < 1.29 is 4.74 Å². The highest BCUT2D eigenvalue weighted by molar-refractivity contribution is 5.13. The maximum Gasteiger partial charge on any atom is 0.0594 e. The first-order chi connectivity index (χ1) is 8.67. The number of hydrogen-bond donors (Lipinski definition) is 1. The summed E-state index contributed by atoms with van der Waals surface area (Å²) in [6.45, 7) is 9.73. The van der Waals surface area contributed by atoms with Crippen LogP contribution in [-0.2, 0) is 4.74 Å². The van der Waals surface area contributed by atoms with Crippen LogP contribution in [0.2, 0.25) is 0 Å². The van der Waals surface area contributed by atoms with E-state index in [2.05, 4.69) is 36.2 Å². The number of rotatable bonds is 4. The lowest BCUT2D eigenvalue weighted by atomic mass is 9.71. The Morgan fingerprint density at radius 2 is 2.11 bits per heavy atom. The lowest BCUT2D eigenvalue weighted by molar-refractivity contribution is -0.0128. The van der Waals surface area contributed by atoms with Crippen molar-refractivity contribution in [3.63, 3.8) is 0 Å². The Hall–Kier alpha value is -0.380. The second-order valence-corrected chi connectivity index (χ2v) is 6.64. The zero-order chi connectivity index (χ0) is 12.6. The largest absolute Gasteiger partial charge is 0.379 e. The zero-order valence-electron chi connectivity index (χ0n) is 11.7. The lowest BCUT2D eigenvalue weighted by Gasteiger charge is -2.45. The van der Waals surface area contributed by atoms with Gasteiger partial charge in [0, 0.05) is 31.2 Å². The quantitative estimate of drug-likeness (QED) is 0.768. The second kappa shape index (κ2) is 4.95. The summed E-state index contributed by atoms with van der Waals surface area (Å²) in [6.07, 6.45) is 7.48. The number of morpholine rings is 1. The van der Waals surface area contributed by atoms with E-state index in [1.165, 1.54) is 12.8 Å². The van der Waals surface area contributed by atoms with Gasteiger partial charge in [-0.05, 0) is 38.5 Å². The summed E-state index contributed by atoms with van der Waals surface area (Å²) in [5, 5.41) is 3.79. The van der Waals surface area contributed by atoms with E-state index in [4.69, 9.17) is 4.74 Å². The molecule has 0 bridgehead atoms. The summed E-state index contributed by atoms with van der Waals surface area (Å²) in [7, 11) is 0. The third-order valence-electron chi connectivity index (χ3n) is 5.03. The first-order valence-corrected chi connectivity index (χ1v) is 7.40. The Balaban J connectivity index is 1.48. The van der Waals surface area contributed by atoms with Crippen LogP contribution in [0.15, 0.2) is 12.2 Å². The van der Waals surface area contributed by atoms with Crippen molar-refractivity contribution in [2.45, 2.75) is 38.3 Å². The fraction of sp³-hybridized carbons (Fsp3) is 0.867. The maximum atomic E-state index is 5.44. The summed E-state index contributed by atoms with van der Waals surface area (Å²) in [6, 6.07) is 0.731. The SMILES string of the molecule is CC(C)(CNC1CC2CC=CC21)N1CCOCC1. The molecular formula is C15H26N2O. The topological polar surface area (TPSA) is 24.5 Å². The van der Waals surface area contributed by atoms with Crippen molar-refractivity contribution in [1.82, 2.24) is 10.2 Å². The standard InChI is InChI=1S/C15H26N2O/c1-15(2,17-6-8-18-9-7-17)11-16-14-10-12-4-3-5-13(12)14/h3,5,12-14,16H,4,6-11H2,1-2H3. The van der Waals surface area contributed by atoms with Gasteiger partial charge in [0.05, 0.1) is 13.2 Å². The van der Waals surface area contributed by atoms with Gasteiger partial charge in [-0.15, -0.1) is 0 Å². The molecule has 102 valence electrons. The molecule has 0 aromatic heterocycles. The fourth-order valence-electron chi connectivity index (χ4n) is 3.61. The molecule has 3 unspecified atom stereocenters. The molecule has 0 aromatic rings. The Labute approximate surface area is 111 Å². The molecule has 1 heterocycles. The van der Waals surface area contributed by atoms with Crippen LogP contribution >= 0.6 is 0 Å². The van der Waals surface area contributed by atoms with Crippen molar-refractivity contribution in [3.8, 4) is 0 Å². The molecule has 3 nitrogen and oxygen atoms in total. The van der Waals surface area contributed by atoms with Gasteiger partial charge in [0.25, 0.3) is 0 Å². The Bertz CT molecular complexity index is 320. The molecule has 3 atom stereocenters. The predicted molar refractivity (Wildman–Crippen MR) is 73.6 cm³/mol. The molecule has 2 aliphatic carbocycles. The molecule has 0 aromatic carbocycles. The highest BCUT2D eigenvalue weighted by atomic mass is 16.5. The number of nitrogens with one attached hydrogen (secondary N) is 1. The van der Waals surface area contributed by atoms with Crippen molar-refractivity contribution in [1.29, 1.82) is 0 Å². The van der Waals surface area contributed by atoms with Gasteiger partial charge in [-0.25, -0.2) is 0 Å². The minimum Gasteiger partial charge on any atom is -0.379 e. The van der Waals surface area contributed by atoms with Crippen LogP contribution in [-0.4, -0.2) is 49.3 Å². The van der Waals surface area contributed by atoms with E-state index in [1.807, 2.05) is 0 Å². The summed E-state index contributed by atoms with van der Waals surface area (Å²) >= 11 is 0. The van der Waals surface area contributed by atoms with Crippen LogP contribution in [0.5, 0.6) is 0 Å². The summed E-state index contributed by atoms with van der Waals surface area (Å²) < 4.78 is 5.44. The molecule has 1 saturated heterocycles. The van der Waals surface area contributed by atoms with E-state index in [0.717, 1.165) is 50.7 Å². The van der Waals surface area contributed by atoms with Crippen LogP contribution in [0.1, 0.15) is 26.7 Å². The zero-order valence-corrected chi connectivity index (χ0v) is 11.7. The minimum absolute atomic E-state index is 0.247. The molecule has 18 heavy (non-hydrogen) atoms. The van der Waals surface area contributed by atoms with Gasteiger partial charge >= 0.3 is 0 Å². The Morgan fingerprint density at radius 3 is 2.83 bits per heavy atom. The number of ether oxygens (including phenoxy) is 1. The molecule has 1 aliphatic heterocycles. The lowest BCUT2D eigenvalue weighted by Crippen LogP contribution is -2.58. The van der Waals surface area contributed by atoms with Gasteiger partial charge in [0.1, 0.15) is 0 Å². The second-order valence-electron chi connectivity index (χ2n) is 6.64. The summed E-state index contributed by atoms with van der Waals surface area (Å²) in [5.41, 5.74) is 0.247. The maximum absolute atomic E-state index is 5.44. The van der Waals surface area contributed by atoms with Gasteiger partial charge in [0.2, 0.25) is 0 Å². The van der Waals surface area contributed by atoms with Gasteiger partial charge in [0.15, 0.2) is 0 Å². The molecule has 0 amide bonds. The average Bonchev–Trinajstić information content (AvgIpc) is 2.72. The molecule has 0 radical (unpaired) electrons. The summed E-state index contributed by atoms with van der Waals surface area (Å²) in [4.78, 5) is 2.56. The van der Waals surface area contributed by atoms with Gasteiger partial charge in [-0.3, -0.25) is 4.90 Å². The number of nitrogens with zero attached hydrogens (tertiary/aromatic N) is 1. The van der Waals surface area contributed by atoms with Crippen molar-refractivity contribution in [2.24, 2.45) is 11.8 Å². The van der Waals surface area contributed by atoms with Crippen LogP contribution < -0.4 is 5.32 Å². The monoisotopic (exact) mass is 250 g/mol. The molecule has 1 N–H and O–H groups in total. The highest BCUT2D eigenvalue weighted by Crippen LogP contribution is 2.42. The third-order valence-corrected chi connectivity index (χ3v) is 5.03. The smallest absolute Gasteiger partial charge is 0.0594 e. The van der Waals surface area contributed by atoms with Crippen LogP contribution in [0.3, 0.4) is 0 Å². The van der Waals surface area contributed by atoms with Crippen molar-refractivity contribution in [3.05, 3.63) is 12.2 Å². The highest BCUT2D eigenvalue weighted by Gasteiger charge is 2.41. The first kappa shape index (κ1) is 12.6. The van der Waals surface area contributed by atoms with Crippen LogP contribution in [0.25, 0.3) is 0 Å². The average molecular weight is 250 g/mol. The van der Waals surface area contributed by atoms with E-state index in [9.17, 15) is 0 Å². The fourth-order valence-corrected chi connectivity index (χ4v) is 3.61.